The van der Waals surface area contributed by atoms with E-state index in [4.69, 9.17) is 10.5 Å². The number of esters is 1. The maximum absolute atomic E-state index is 12.7. The van der Waals surface area contributed by atoms with Crippen LogP contribution in [0.25, 0.3) is 0 Å². The van der Waals surface area contributed by atoms with Crippen LogP contribution in [0.4, 0.5) is 0 Å². The number of nitrogens with one attached hydrogen (secondary N) is 1. The van der Waals surface area contributed by atoms with Crippen LogP contribution in [0.1, 0.15) is 42.4 Å². The van der Waals surface area contributed by atoms with E-state index in [2.05, 4.69) is 17.4 Å². The lowest BCUT2D eigenvalue weighted by Gasteiger charge is -2.20. The summed E-state index contributed by atoms with van der Waals surface area (Å²) in [5, 5.41) is 3.39. The summed E-state index contributed by atoms with van der Waals surface area (Å²) in [5.41, 5.74) is 9.02. The van der Waals surface area contributed by atoms with Crippen molar-refractivity contribution in [3.8, 4) is 0 Å². The molecular formula is C22H28N2O2. The molecule has 0 aromatic heterocycles. The highest BCUT2D eigenvalue weighted by Gasteiger charge is 2.25. The van der Waals surface area contributed by atoms with Crippen LogP contribution in [0.15, 0.2) is 54.6 Å². The number of ether oxygens (including phenoxy) is 1. The Morgan fingerprint density at radius 1 is 1.00 bits per heavy atom. The Kier molecular flexibility index (Phi) is 6.81. The predicted molar refractivity (Wildman–Crippen MR) is 103 cm³/mol. The van der Waals surface area contributed by atoms with Crippen LogP contribution in [0.2, 0.25) is 0 Å². The Balaban J connectivity index is 1.63. The molecule has 0 bridgehead atoms. The van der Waals surface area contributed by atoms with Gasteiger partial charge in [-0.05, 0) is 48.8 Å². The van der Waals surface area contributed by atoms with Gasteiger partial charge in [-0.25, -0.2) is 0 Å². The fourth-order valence-electron chi connectivity index (χ4n) is 3.38. The summed E-state index contributed by atoms with van der Waals surface area (Å²) >= 11 is 0. The summed E-state index contributed by atoms with van der Waals surface area (Å²) in [6.45, 7) is 1.17. The van der Waals surface area contributed by atoms with Gasteiger partial charge < -0.3 is 15.8 Å². The van der Waals surface area contributed by atoms with E-state index in [0.717, 1.165) is 42.4 Å². The molecule has 1 atom stereocenters. The van der Waals surface area contributed by atoms with Crippen LogP contribution in [0.3, 0.4) is 0 Å². The van der Waals surface area contributed by atoms with Gasteiger partial charge in [0.2, 0.25) is 0 Å². The molecule has 26 heavy (non-hydrogen) atoms. The van der Waals surface area contributed by atoms with Crippen molar-refractivity contribution in [2.24, 2.45) is 5.73 Å². The van der Waals surface area contributed by atoms with Crippen LogP contribution in [-0.4, -0.2) is 18.1 Å². The molecule has 0 heterocycles. The van der Waals surface area contributed by atoms with E-state index in [1.807, 2.05) is 42.5 Å². The highest BCUT2D eigenvalue weighted by molar-refractivity contribution is 5.76. The van der Waals surface area contributed by atoms with Gasteiger partial charge in [0.1, 0.15) is 12.1 Å². The first kappa shape index (κ1) is 18.6. The van der Waals surface area contributed by atoms with E-state index in [1.54, 1.807) is 0 Å². The third kappa shape index (κ3) is 5.41. The van der Waals surface area contributed by atoms with Gasteiger partial charge in [-0.1, -0.05) is 54.6 Å². The first-order valence-electron chi connectivity index (χ1n) is 9.50. The first-order valence-corrected chi connectivity index (χ1v) is 9.50. The van der Waals surface area contributed by atoms with Crippen molar-refractivity contribution in [1.29, 1.82) is 0 Å². The van der Waals surface area contributed by atoms with Gasteiger partial charge in [0.25, 0.3) is 0 Å². The van der Waals surface area contributed by atoms with Crippen LogP contribution < -0.4 is 11.1 Å². The second-order valence-corrected chi connectivity index (χ2v) is 6.99. The third-order valence-electron chi connectivity index (χ3n) is 4.96. The quantitative estimate of drug-likeness (QED) is 0.715. The average molecular weight is 352 g/mol. The van der Waals surface area contributed by atoms with Gasteiger partial charge in [-0.2, -0.15) is 0 Å². The van der Waals surface area contributed by atoms with Crippen LogP contribution in [0, 0.1) is 0 Å². The van der Waals surface area contributed by atoms with E-state index >= 15 is 0 Å². The molecule has 0 amide bonds. The van der Waals surface area contributed by atoms with Gasteiger partial charge in [0.05, 0.1) is 0 Å². The Bertz CT molecular complexity index is 679. The molecular weight excluding hydrogens is 324 g/mol. The SMILES string of the molecule is NCc1ccc(CNC(Cc2ccccc2)C(=O)OC2CCCC2)cc1. The lowest BCUT2D eigenvalue weighted by molar-refractivity contribution is -0.151. The molecule has 0 radical (unpaired) electrons. The Morgan fingerprint density at radius 3 is 2.31 bits per heavy atom. The summed E-state index contributed by atoms with van der Waals surface area (Å²) in [7, 11) is 0. The highest BCUT2D eigenvalue weighted by Crippen LogP contribution is 2.21. The fourth-order valence-corrected chi connectivity index (χ4v) is 3.38. The summed E-state index contributed by atoms with van der Waals surface area (Å²) in [6.07, 6.45) is 5.01. The molecule has 4 nitrogen and oxygen atoms in total. The van der Waals surface area contributed by atoms with E-state index in [1.165, 1.54) is 0 Å². The monoisotopic (exact) mass is 352 g/mol. The zero-order valence-electron chi connectivity index (χ0n) is 15.2. The molecule has 3 N–H and O–H groups in total. The highest BCUT2D eigenvalue weighted by atomic mass is 16.5. The molecule has 138 valence electrons. The number of hydrogen-bond acceptors (Lipinski definition) is 4. The summed E-state index contributed by atoms with van der Waals surface area (Å²) in [6, 6.07) is 17.9. The zero-order valence-corrected chi connectivity index (χ0v) is 15.2. The number of hydrogen-bond donors (Lipinski definition) is 2. The van der Waals surface area contributed by atoms with E-state index in [0.29, 0.717) is 19.5 Å². The zero-order chi connectivity index (χ0) is 18.2. The molecule has 2 aromatic rings. The molecule has 1 unspecified atom stereocenters. The van der Waals surface area contributed by atoms with Gasteiger partial charge in [-0.3, -0.25) is 4.79 Å². The third-order valence-corrected chi connectivity index (χ3v) is 4.96. The topological polar surface area (TPSA) is 64.3 Å². The van der Waals surface area contributed by atoms with Crippen molar-refractivity contribution in [3.63, 3.8) is 0 Å². The second kappa shape index (κ2) is 9.51. The normalized spacial score (nSPS) is 15.7. The van der Waals surface area contributed by atoms with E-state index < -0.39 is 0 Å². The summed E-state index contributed by atoms with van der Waals surface area (Å²) < 4.78 is 5.75. The largest absolute Gasteiger partial charge is 0.461 e. The van der Waals surface area contributed by atoms with Crippen molar-refractivity contribution < 1.29 is 9.53 Å². The molecule has 1 fully saturated rings. The molecule has 4 heteroatoms. The fraction of sp³-hybridized carbons (Fsp3) is 0.409. The Morgan fingerprint density at radius 2 is 1.65 bits per heavy atom. The minimum absolute atomic E-state index is 0.0893. The second-order valence-electron chi connectivity index (χ2n) is 6.99. The molecule has 1 aliphatic carbocycles. The maximum Gasteiger partial charge on any atom is 0.323 e. The van der Waals surface area contributed by atoms with Crippen molar-refractivity contribution in [3.05, 3.63) is 71.3 Å². The standard InChI is InChI=1S/C22H28N2O2/c23-15-18-10-12-19(13-11-18)16-24-21(14-17-6-2-1-3-7-17)22(25)26-20-8-4-5-9-20/h1-3,6-7,10-13,20-21,24H,4-5,8-9,14-16,23H2. The number of carbonyl (C=O) groups excluding carboxylic acids is 1. The first-order chi connectivity index (χ1) is 12.7. The number of carbonyl (C=O) groups is 1. The van der Waals surface area contributed by atoms with Gasteiger partial charge in [0, 0.05) is 13.1 Å². The molecule has 0 saturated heterocycles. The van der Waals surface area contributed by atoms with Gasteiger partial charge in [-0.15, -0.1) is 0 Å². The van der Waals surface area contributed by atoms with E-state index in [9.17, 15) is 4.79 Å². The molecule has 2 aromatic carbocycles. The van der Waals surface area contributed by atoms with Crippen molar-refractivity contribution in [2.45, 2.75) is 57.3 Å². The summed E-state index contributed by atoms with van der Waals surface area (Å²) in [4.78, 5) is 12.7. The van der Waals surface area contributed by atoms with Crippen LogP contribution >= 0.6 is 0 Å². The van der Waals surface area contributed by atoms with Gasteiger partial charge >= 0.3 is 5.97 Å². The average Bonchev–Trinajstić information content (AvgIpc) is 3.19. The van der Waals surface area contributed by atoms with Crippen LogP contribution in [0.5, 0.6) is 0 Å². The lowest BCUT2D eigenvalue weighted by Crippen LogP contribution is -2.40. The van der Waals surface area contributed by atoms with Crippen molar-refractivity contribution >= 4 is 5.97 Å². The lowest BCUT2D eigenvalue weighted by atomic mass is 10.1. The molecule has 1 aliphatic rings. The van der Waals surface area contributed by atoms with Crippen molar-refractivity contribution in [1.82, 2.24) is 5.32 Å². The van der Waals surface area contributed by atoms with Crippen molar-refractivity contribution in [2.75, 3.05) is 0 Å². The number of nitrogens with two attached hydrogens (primary N) is 1. The van der Waals surface area contributed by atoms with E-state index in [-0.39, 0.29) is 18.1 Å². The Labute approximate surface area is 155 Å². The van der Waals surface area contributed by atoms with Crippen LogP contribution in [-0.2, 0) is 29.0 Å². The minimum Gasteiger partial charge on any atom is -0.461 e. The number of benzene rings is 2. The smallest absolute Gasteiger partial charge is 0.323 e. The molecule has 0 aliphatic heterocycles. The summed E-state index contributed by atoms with van der Waals surface area (Å²) in [5.74, 6) is -0.140. The van der Waals surface area contributed by atoms with Gasteiger partial charge in [0.15, 0.2) is 0 Å². The molecule has 0 spiro atoms. The maximum atomic E-state index is 12.7. The molecule has 1 saturated carbocycles. The molecule has 3 rings (SSSR count). The number of rotatable bonds is 8. The minimum atomic E-state index is -0.341. The Hall–Kier alpha value is -2.17. The predicted octanol–water partition coefficient (Wildman–Crippen LogP) is 3.33.